The van der Waals surface area contributed by atoms with Crippen LogP contribution in [0.25, 0.3) is 0 Å². The maximum Gasteiger partial charge on any atom is 0.259 e. The number of anilines is 2. The average molecular weight is 435 g/mol. The standard InChI is InChI=1S/C24H22N2O4S/c1-29-20-13-7-4-10-17(20)23(28)25-18-11-5-3-9-16(18)24-26(22(27)15-31-24)19-12-6-8-14-21(19)30-2/h3-14,24H,15H2,1-2H3,(H,25,28). The lowest BCUT2D eigenvalue weighted by molar-refractivity contribution is -0.115. The third-order valence-corrected chi connectivity index (χ3v) is 6.23. The monoisotopic (exact) mass is 434 g/mol. The van der Waals surface area contributed by atoms with E-state index in [4.69, 9.17) is 9.47 Å². The zero-order chi connectivity index (χ0) is 21.8. The van der Waals surface area contributed by atoms with Gasteiger partial charge in [0, 0.05) is 11.3 Å². The van der Waals surface area contributed by atoms with Crippen LogP contribution in [0.1, 0.15) is 21.3 Å². The van der Waals surface area contributed by atoms with Crippen molar-refractivity contribution in [1.29, 1.82) is 0 Å². The molecule has 0 aromatic heterocycles. The number of ether oxygens (including phenoxy) is 2. The Morgan fingerprint density at radius 3 is 2.35 bits per heavy atom. The smallest absolute Gasteiger partial charge is 0.259 e. The fourth-order valence-corrected chi connectivity index (χ4v) is 4.80. The molecule has 1 aliphatic heterocycles. The highest BCUT2D eigenvalue weighted by Gasteiger charge is 2.36. The van der Waals surface area contributed by atoms with Gasteiger partial charge in [-0.3, -0.25) is 14.5 Å². The predicted octanol–water partition coefficient (Wildman–Crippen LogP) is 4.73. The second-order valence-corrected chi connectivity index (χ2v) is 7.91. The number of thioether (sulfide) groups is 1. The molecule has 1 aliphatic rings. The van der Waals surface area contributed by atoms with Crippen LogP contribution in [0, 0.1) is 0 Å². The number of nitrogens with zero attached hydrogens (tertiary/aromatic N) is 1. The van der Waals surface area contributed by atoms with Crippen LogP contribution in [-0.4, -0.2) is 31.8 Å². The molecule has 0 bridgehead atoms. The Labute approximate surface area is 185 Å². The van der Waals surface area contributed by atoms with Gasteiger partial charge in [-0.1, -0.05) is 42.5 Å². The summed E-state index contributed by atoms with van der Waals surface area (Å²) in [5.41, 5.74) is 2.63. The number of hydrogen-bond acceptors (Lipinski definition) is 5. The van der Waals surface area contributed by atoms with E-state index in [9.17, 15) is 9.59 Å². The van der Waals surface area contributed by atoms with E-state index in [1.165, 1.54) is 18.9 Å². The van der Waals surface area contributed by atoms with E-state index < -0.39 is 0 Å². The second-order valence-electron chi connectivity index (χ2n) is 6.84. The summed E-state index contributed by atoms with van der Waals surface area (Å²) in [7, 11) is 3.12. The molecule has 0 radical (unpaired) electrons. The molecule has 1 fully saturated rings. The first-order valence-corrected chi connectivity index (χ1v) is 10.8. The average Bonchev–Trinajstić information content (AvgIpc) is 3.20. The number of para-hydroxylation sites is 4. The van der Waals surface area contributed by atoms with E-state index in [1.807, 2.05) is 54.6 Å². The number of carbonyl (C=O) groups excluding carboxylic acids is 2. The summed E-state index contributed by atoms with van der Waals surface area (Å²) in [6, 6.07) is 22.0. The molecule has 4 rings (SSSR count). The van der Waals surface area contributed by atoms with Crippen LogP contribution in [0.5, 0.6) is 11.5 Å². The Hall–Kier alpha value is -3.45. The van der Waals surface area contributed by atoms with E-state index in [0.29, 0.717) is 34.2 Å². The zero-order valence-corrected chi connectivity index (χ0v) is 18.0. The number of amides is 2. The highest BCUT2D eigenvalue weighted by atomic mass is 32.2. The minimum absolute atomic E-state index is 0.00893. The van der Waals surface area contributed by atoms with Crippen molar-refractivity contribution < 1.29 is 19.1 Å². The van der Waals surface area contributed by atoms with Crippen LogP contribution >= 0.6 is 11.8 Å². The van der Waals surface area contributed by atoms with Crippen LogP contribution in [0.3, 0.4) is 0 Å². The topological polar surface area (TPSA) is 67.9 Å². The molecule has 3 aromatic carbocycles. The summed E-state index contributed by atoms with van der Waals surface area (Å²) in [5.74, 6) is 1.18. The maximum absolute atomic E-state index is 13.0. The molecule has 0 spiro atoms. The van der Waals surface area contributed by atoms with Crippen molar-refractivity contribution >= 4 is 35.0 Å². The van der Waals surface area contributed by atoms with Gasteiger partial charge in [-0.15, -0.1) is 11.8 Å². The van der Waals surface area contributed by atoms with Crippen molar-refractivity contribution in [2.75, 3.05) is 30.2 Å². The van der Waals surface area contributed by atoms with Crippen molar-refractivity contribution in [1.82, 2.24) is 0 Å². The van der Waals surface area contributed by atoms with Crippen LogP contribution in [0.2, 0.25) is 0 Å². The summed E-state index contributed by atoms with van der Waals surface area (Å²) in [5, 5.41) is 2.70. The molecule has 1 N–H and O–H groups in total. The van der Waals surface area contributed by atoms with Crippen LogP contribution in [-0.2, 0) is 4.79 Å². The molecule has 31 heavy (non-hydrogen) atoms. The number of benzene rings is 3. The van der Waals surface area contributed by atoms with Crippen molar-refractivity contribution in [2.45, 2.75) is 5.37 Å². The van der Waals surface area contributed by atoms with Gasteiger partial charge in [0.2, 0.25) is 5.91 Å². The molecule has 6 nitrogen and oxygen atoms in total. The Bertz CT molecular complexity index is 1120. The van der Waals surface area contributed by atoms with Crippen molar-refractivity contribution in [2.24, 2.45) is 0 Å². The number of methoxy groups -OCH3 is 2. The van der Waals surface area contributed by atoms with Crippen molar-refractivity contribution in [3.8, 4) is 11.5 Å². The second kappa shape index (κ2) is 9.14. The van der Waals surface area contributed by atoms with Crippen molar-refractivity contribution in [3.63, 3.8) is 0 Å². The van der Waals surface area contributed by atoms with Gasteiger partial charge in [0.25, 0.3) is 5.91 Å². The SMILES string of the molecule is COc1ccccc1C(=O)Nc1ccccc1C1SCC(=O)N1c1ccccc1OC. The molecule has 1 atom stereocenters. The molecule has 158 valence electrons. The molecule has 3 aromatic rings. The summed E-state index contributed by atoms with van der Waals surface area (Å²) in [6.07, 6.45) is 0. The summed E-state index contributed by atoms with van der Waals surface area (Å²) < 4.78 is 10.8. The van der Waals surface area contributed by atoms with Gasteiger partial charge in [0.1, 0.15) is 16.9 Å². The number of nitrogens with one attached hydrogen (secondary N) is 1. The molecular formula is C24H22N2O4S. The Balaban J connectivity index is 1.69. The number of rotatable bonds is 6. The molecule has 0 aliphatic carbocycles. The third-order valence-electron chi connectivity index (χ3n) is 5.04. The third kappa shape index (κ3) is 4.09. The Morgan fingerprint density at radius 1 is 0.935 bits per heavy atom. The van der Waals surface area contributed by atoms with E-state index in [1.54, 1.807) is 30.2 Å². The first-order chi connectivity index (χ1) is 15.1. The van der Waals surface area contributed by atoms with E-state index in [-0.39, 0.29) is 17.2 Å². The van der Waals surface area contributed by atoms with E-state index in [0.717, 1.165) is 5.56 Å². The van der Waals surface area contributed by atoms with Gasteiger partial charge in [-0.25, -0.2) is 0 Å². The van der Waals surface area contributed by atoms with Gasteiger partial charge < -0.3 is 14.8 Å². The molecule has 7 heteroatoms. The quantitative estimate of drug-likeness (QED) is 0.607. The lowest BCUT2D eigenvalue weighted by Crippen LogP contribution is -2.29. The maximum atomic E-state index is 13.0. The van der Waals surface area contributed by atoms with Crippen molar-refractivity contribution in [3.05, 3.63) is 83.9 Å². The molecular weight excluding hydrogens is 412 g/mol. The normalized spacial score (nSPS) is 15.6. The van der Waals surface area contributed by atoms with E-state index in [2.05, 4.69) is 5.32 Å². The van der Waals surface area contributed by atoms with Crippen LogP contribution < -0.4 is 19.7 Å². The Kier molecular flexibility index (Phi) is 6.13. The first kappa shape index (κ1) is 20.8. The minimum Gasteiger partial charge on any atom is -0.496 e. The van der Waals surface area contributed by atoms with Crippen LogP contribution in [0.15, 0.2) is 72.8 Å². The molecule has 1 heterocycles. The predicted molar refractivity (Wildman–Crippen MR) is 123 cm³/mol. The zero-order valence-electron chi connectivity index (χ0n) is 17.2. The first-order valence-electron chi connectivity index (χ1n) is 9.74. The van der Waals surface area contributed by atoms with E-state index >= 15 is 0 Å². The van der Waals surface area contributed by atoms with Gasteiger partial charge in [0.15, 0.2) is 0 Å². The summed E-state index contributed by atoms with van der Waals surface area (Å²) in [6.45, 7) is 0. The molecule has 0 saturated carbocycles. The lowest BCUT2D eigenvalue weighted by Gasteiger charge is -2.27. The number of carbonyl (C=O) groups is 2. The lowest BCUT2D eigenvalue weighted by atomic mass is 10.1. The molecule has 1 unspecified atom stereocenters. The van der Waals surface area contributed by atoms with Gasteiger partial charge >= 0.3 is 0 Å². The number of hydrogen-bond donors (Lipinski definition) is 1. The van der Waals surface area contributed by atoms with Gasteiger partial charge in [-0.2, -0.15) is 0 Å². The van der Waals surface area contributed by atoms with Gasteiger partial charge in [0.05, 0.1) is 31.2 Å². The minimum atomic E-state index is -0.294. The van der Waals surface area contributed by atoms with Crippen LogP contribution in [0.4, 0.5) is 11.4 Å². The largest absolute Gasteiger partial charge is 0.496 e. The summed E-state index contributed by atoms with van der Waals surface area (Å²) in [4.78, 5) is 27.5. The van der Waals surface area contributed by atoms with Gasteiger partial charge in [-0.05, 0) is 30.3 Å². The Morgan fingerprint density at radius 2 is 1.58 bits per heavy atom. The highest BCUT2D eigenvalue weighted by molar-refractivity contribution is 8.00. The fraction of sp³-hybridized carbons (Fsp3) is 0.167. The molecule has 2 amide bonds. The fourth-order valence-electron chi connectivity index (χ4n) is 3.59. The molecule has 1 saturated heterocycles. The highest BCUT2D eigenvalue weighted by Crippen LogP contribution is 2.46. The summed E-state index contributed by atoms with van der Waals surface area (Å²) >= 11 is 1.52.